The first-order valence-corrected chi connectivity index (χ1v) is 13.6. The second-order valence-corrected chi connectivity index (χ2v) is 11.1. The van der Waals surface area contributed by atoms with Crippen molar-refractivity contribution in [2.45, 2.75) is 18.7 Å². The van der Waals surface area contributed by atoms with Gasteiger partial charge in [-0.1, -0.05) is 47.7 Å². The maximum Gasteiger partial charge on any atom is 0.283 e. The lowest BCUT2D eigenvalue weighted by Gasteiger charge is -2.13. The van der Waals surface area contributed by atoms with E-state index in [4.69, 9.17) is 4.74 Å². The van der Waals surface area contributed by atoms with Crippen molar-refractivity contribution in [3.63, 3.8) is 0 Å². The third kappa shape index (κ3) is 3.86. The van der Waals surface area contributed by atoms with Crippen LogP contribution in [0.1, 0.15) is 12.5 Å². The highest BCUT2D eigenvalue weighted by atomic mass is 32.2. The molecular formula is C29H24N4O3S2. The monoisotopic (exact) mass is 540 g/mol. The molecule has 4 aromatic rings. The Morgan fingerprint density at radius 1 is 0.895 bits per heavy atom. The lowest BCUT2D eigenvalue weighted by Crippen LogP contribution is -2.34. The van der Waals surface area contributed by atoms with Gasteiger partial charge in [-0.2, -0.15) is 10.1 Å². The minimum absolute atomic E-state index is 0.172. The highest BCUT2D eigenvalue weighted by molar-refractivity contribution is 8.08. The standard InChI is InChI=1S/C29H24N4O3S2/c1-17-10-12-19(13-11-17)32-27(35)25(29-31(3)22-16-21(36-4)14-15-23(22)37-29)38-28(32)24-18(2)30-33(26(24)34)20-8-6-5-7-9-20/h5-16H,1-4H3/b28-24+,29-25-. The number of anilines is 2. The van der Waals surface area contributed by atoms with Crippen molar-refractivity contribution in [1.82, 2.24) is 4.57 Å². The molecule has 0 aliphatic carbocycles. The number of para-hydroxylation sites is 1. The Balaban J connectivity index is 1.62. The van der Waals surface area contributed by atoms with Crippen LogP contribution in [0.3, 0.4) is 0 Å². The average Bonchev–Trinajstić information content (AvgIpc) is 3.54. The van der Waals surface area contributed by atoms with E-state index in [1.165, 1.54) is 16.3 Å². The number of carbonyl (C=O) groups is 1. The summed E-state index contributed by atoms with van der Waals surface area (Å²) >= 11 is 2.86. The SMILES string of the molecule is COc1ccc2c(c1)N(C)/C(=c1/s/c(=C3/C(=O)N(c4ccccc4)N=C3C)n(-c3ccc(C)cc3)c1=O)S2. The van der Waals surface area contributed by atoms with Crippen LogP contribution in [0.15, 0.2) is 87.6 Å². The Labute approximate surface area is 227 Å². The van der Waals surface area contributed by atoms with E-state index in [2.05, 4.69) is 5.10 Å². The molecule has 0 fully saturated rings. The number of carbonyl (C=O) groups excluding carboxylic acids is 1. The summed E-state index contributed by atoms with van der Waals surface area (Å²) in [4.78, 5) is 30.9. The van der Waals surface area contributed by atoms with E-state index < -0.39 is 0 Å². The molecule has 3 aromatic carbocycles. The summed E-state index contributed by atoms with van der Waals surface area (Å²) in [6.07, 6.45) is 0. The molecule has 0 atom stereocenters. The van der Waals surface area contributed by atoms with E-state index >= 15 is 0 Å². The third-order valence-electron chi connectivity index (χ3n) is 6.56. The quantitative estimate of drug-likeness (QED) is 0.392. The van der Waals surface area contributed by atoms with Crippen molar-refractivity contribution in [3.8, 4) is 11.4 Å². The number of rotatable bonds is 3. The number of fused-ring (bicyclic) bond motifs is 1. The van der Waals surface area contributed by atoms with E-state index in [1.807, 2.05) is 98.6 Å². The van der Waals surface area contributed by atoms with Gasteiger partial charge in [0.2, 0.25) is 0 Å². The summed E-state index contributed by atoms with van der Waals surface area (Å²) < 4.78 is 8.19. The molecule has 0 saturated heterocycles. The highest BCUT2D eigenvalue weighted by Crippen LogP contribution is 2.46. The molecule has 2 aliphatic rings. The molecule has 38 heavy (non-hydrogen) atoms. The van der Waals surface area contributed by atoms with Gasteiger partial charge in [-0.05, 0) is 50.2 Å². The minimum Gasteiger partial charge on any atom is -0.497 e. The van der Waals surface area contributed by atoms with Gasteiger partial charge < -0.3 is 9.64 Å². The lowest BCUT2D eigenvalue weighted by atomic mass is 10.2. The first-order chi connectivity index (χ1) is 18.4. The second kappa shape index (κ2) is 9.34. The van der Waals surface area contributed by atoms with Gasteiger partial charge in [0.25, 0.3) is 11.5 Å². The number of aryl methyl sites for hydroxylation is 1. The van der Waals surface area contributed by atoms with E-state index in [0.717, 1.165) is 26.9 Å². The van der Waals surface area contributed by atoms with Crippen molar-refractivity contribution in [1.29, 1.82) is 0 Å². The summed E-state index contributed by atoms with van der Waals surface area (Å²) in [6, 6.07) is 22.9. The van der Waals surface area contributed by atoms with Crippen molar-refractivity contribution < 1.29 is 9.53 Å². The number of hydrogen-bond acceptors (Lipinski definition) is 7. The molecule has 1 aromatic heterocycles. The molecule has 2 aliphatic heterocycles. The molecule has 0 radical (unpaired) electrons. The maximum atomic E-state index is 14.1. The number of methoxy groups -OCH3 is 1. The number of hydrazone groups is 1. The Hall–Kier alpha value is -4.08. The lowest BCUT2D eigenvalue weighted by molar-refractivity contribution is -0.112. The second-order valence-electron chi connectivity index (χ2n) is 9.03. The fraction of sp³-hybridized carbons (Fsp3) is 0.138. The van der Waals surface area contributed by atoms with Gasteiger partial charge >= 0.3 is 0 Å². The van der Waals surface area contributed by atoms with Gasteiger partial charge in [-0.15, -0.1) is 11.3 Å². The Kier molecular flexibility index (Phi) is 5.97. The minimum atomic E-state index is -0.257. The predicted molar refractivity (Wildman–Crippen MR) is 155 cm³/mol. The largest absolute Gasteiger partial charge is 0.497 e. The molecule has 0 unspecified atom stereocenters. The topological polar surface area (TPSA) is 67.1 Å². The van der Waals surface area contributed by atoms with Crippen LogP contribution in [-0.2, 0) is 4.79 Å². The van der Waals surface area contributed by atoms with E-state index in [0.29, 0.717) is 31.9 Å². The summed E-state index contributed by atoms with van der Waals surface area (Å²) in [5.74, 6) is 0.495. The molecule has 190 valence electrons. The molecule has 0 bridgehead atoms. The zero-order chi connectivity index (χ0) is 26.6. The summed E-state index contributed by atoms with van der Waals surface area (Å²) in [5.41, 5.74) is 4.26. The van der Waals surface area contributed by atoms with Gasteiger partial charge in [0.05, 0.1) is 35.5 Å². The number of thioether (sulfide) groups is 1. The van der Waals surface area contributed by atoms with Crippen molar-refractivity contribution >= 4 is 56.7 Å². The molecule has 7 nitrogen and oxygen atoms in total. The molecule has 0 saturated carbocycles. The van der Waals surface area contributed by atoms with Crippen molar-refractivity contribution in [3.05, 3.63) is 97.9 Å². The summed E-state index contributed by atoms with van der Waals surface area (Å²) in [7, 11) is 3.58. The third-order valence-corrected chi connectivity index (χ3v) is 9.07. The van der Waals surface area contributed by atoms with Crippen LogP contribution in [0.2, 0.25) is 0 Å². The number of ether oxygens (including phenoxy) is 1. The number of nitrogens with zero attached hydrogens (tertiary/aromatic N) is 4. The first-order valence-electron chi connectivity index (χ1n) is 12.0. The number of thiazole rings is 1. The molecular weight excluding hydrogens is 516 g/mol. The normalized spacial score (nSPS) is 17.7. The van der Waals surface area contributed by atoms with Gasteiger partial charge in [0.1, 0.15) is 20.0 Å². The fourth-order valence-electron chi connectivity index (χ4n) is 4.56. The van der Waals surface area contributed by atoms with Gasteiger partial charge in [-0.25, -0.2) is 0 Å². The smallest absolute Gasteiger partial charge is 0.283 e. The maximum absolute atomic E-state index is 14.1. The number of amides is 1. The predicted octanol–water partition coefficient (Wildman–Crippen LogP) is 4.10. The van der Waals surface area contributed by atoms with E-state index in [1.54, 1.807) is 23.4 Å². The Bertz CT molecular complexity index is 1810. The Morgan fingerprint density at radius 2 is 1.63 bits per heavy atom. The summed E-state index contributed by atoms with van der Waals surface area (Å²) in [6.45, 7) is 3.81. The number of hydrogen-bond donors (Lipinski definition) is 0. The van der Waals surface area contributed by atoms with Crippen molar-refractivity contribution in [2.75, 3.05) is 24.1 Å². The molecule has 3 heterocycles. The first kappa shape index (κ1) is 24.3. The average molecular weight is 541 g/mol. The van der Waals surface area contributed by atoms with Crippen LogP contribution >= 0.6 is 23.1 Å². The van der Waals surface area contributed by atoms with Gasteiger partial charge in [0, 0.05) is 18.0 Å². The molecule has 6 rings (SSSR count). The Morgan fingerprint density at radius 3 is 2.34 bits per heavy atom. The molecule has 0 N–H and O–H groups in total. The zero-order valence-corrected chi connectivity index (χ0v) is 22.9. The van der Waals surface area contributed by atoms with Gasteiger partial charge in [-0.3, -0.25) is 14.2 Å². The van der Waals surface area contributed by atoms with Gasteiger partial charge in [0.15, 0.2) is 0 Å². The summed E-state index contributed by atoms with van der Waals surface area (Å²) in [5, 5.41) is 6.79. The van der Waals surface area contributed by atoms with E-state index in [9.17, 15) is 9.59 Å². The van der Waals surface area contributed by atoms with Crippen LogP contribution in [-0.4, -0.2) is 30.3 Å². The van der Waals surface area contributed by atoms with Crippen LogP contribution in [0.5, 0.6) is 5.75 Å². The highest BCUT2D eigenvalue weighted by Gasteiger charge is 2.32. The van der Waals surface area contributed by atoms with Crippen LogP contribution in [0.4, 0.5) is 11.4 Å². The van der Waals surface area contributed by atoms with Crippen molar-refractivity contribution in [2.24, 2.45) is 5.10 Å². The van der Waals surface area contributed by atoms with Crippen LogP contribution in [0.25, 0.3) is 16.3 Å². The fourth-order valence-corrected chi connectivity index (χ4v) is 7.08. The zero-order valence-electron chi connectivity index (χ0n) is 21.3. The number of aromatic nitrogens is 1. The molecule has 0 spiro atoms. The molecule has 9 heteroatoms. The van der Waals surface area contributed by atoms with Crippen LogP contribution < -0.4 is 29.4 Å². The van der Waals surface area contributed by atoms with Crippen LogP contribution in [0, 0.1) is 6.92 Å². The van der Waals surface area contributed by atoms with E-state index in [-0.39, 0.29) is 11.5 Å². The molecule has 1 amide bonds. The number of benzene rings is 3.